The van der Waals surface area contributed by atoms with Crippen molar-refractivity contribution in [3.8, 4) is 5.75 Å². The molecule has 1 fully saturated rings. The maximum absolute atomic E-state index is 12.4. The van der Waals surface area contributed by atoms with Gasteiger partial charge in [-0.05, 0) is 48.9 Å². The molecule has 0 bridgehead atoms. The van der Waals surface area contributed by atoms with E-state index in [1.807, 2.05) is 0 Å². The van der Waals surface area contributed by atoms with Crippen LogP contribution in [0.25, 0.3) is 0 Å². The van der Waals surface area contributed by atoms with Crippen LogP contribution in [0.4, 0.5) is 5.69 Å². The van der Waals surface area contributed by atoms with Gasteiger partial charge in [0.25, 0.3) is 5.69 Å². The van der Waals surface area contributed by atoms with E-state index in [1.54, 1.807) is 24.3 Å². The van der Waals surface area contributed by atoms with E-state index >= 15 is 0 Å². The molecule has 2 aromatic carbocycles. The molecule has 0 aromatic heterocycles. The van der Waals surface area contributed by atoms with Crippen molar-refractivity contribution in [3.05, 3.63) is 69.8 Å². The van der Waals surface area contributed by atoms with E-state index in [2.05, 4.69) is 5.32 Å². The van der Waals surface area contributed by atoms with Crippen molar-refractivity contribution in [1.82, 2.24) is 5.32 Å². The number of carbonyl (C=O) groups is 2. The molecule has 0 heterocycles. The van der Waals surface area contributed by atoms with Crippen LogP contribution in [0, 0.1) is 10.1 Å². The smallest absolute Gasteiger partial charge is 0.305 e. The Kier molecular flexibility index (Phi) is 7.00. The number of hydrogen-bond acceptors (Lipinski definition) is 5. The first-order valence-electron chi connectivity index (χ1n) is 9.92. The number of hydrogen-bond donors (Lipinski definition) is 2. The molecule has 0 radical (unpaired) electrons. The number of ether oxygens (including phenoxy) is 1. The quantitative estimate of drug-likeness (QED) is 0.478. The van der Waals surface area contributed by atoms with Gasteiger partial charge in [0.1, 0.15) is 5.75 Å². The van der Waals surface area contributed by atoms with E-state index in [0.29, 0.717) is 11.1 Å². The number of nitrogens with one attached hydrogen (secondary N) is 1. The number of non-ortho nitro benzene ring substituents is 1. The molecule has 0 spiro atoms. The van der Waals surface area contributed by atoms with Crippen LogP contribution in [0.15, 0.2) is 48.5 Å². The predicted octanol–water partition coefficient (Wildman–Crippen LogP) is 3.79. The van der Waals surface area contributed by atoms with Crippen molar-refractivity contribution in [2.24, 2.45) is 0 Å². The number of aliphatic carboxylic acids is 1. The highest BCUT2D eigenvalue weighted by atomic mass is 16.6. The highest BCUT2D eigenvalue weighted by Crippen LogP contribution is 2.26. The largest absolute Gasteiger partial charge is 0.490 e. The van der Waals surface area contributed by atoms with Gasteiger partial charge in [0, 0.05) is 12.1 Å². The lowest BCUT2D eigenvalue weighted by atomic mass is 10.0. The second-order valence-electron chi connectivity index (χ2n) is 7.41. The number of benzene rings is 2. The Morgan fingerprint density at radius 2 is 1.73 bits per heavy atom. The Bertz CT molecular complexity index is 889. The van der Waals surface area contributed by atoms with Gasteiger partial charge in [0.2, 0.25) is 5.91 Å². The lowest BCUT2D eigenvalue weighted by Gasteiger charge is -2.19. The van der Waals surface area contributed by atoms with Crippen LogP contribution in [0.5, 0.6) is 5.75 Å². The fourth-order valence-electron chi connectivity index (χ4n) is 3.57. The molecule has 0 aliphatic heterocycles. The number of carboxylic acid groups (broad SMARTS) is 1. The summed E-state index contributed by atoms with van der Waals surface area (Å²) in [5, 5.41) is 22.7. The van der Waals surface area contributed by atoms with Gasteiger partial charge >= 0.3 is 5.97 Å². The van der Waals surface area contributed by atoms with Crippen LogP contribution in [0.1, 0.15) is 49.3 Å². The monoisotopic (exact) mass is 412 g/mol. The molecule has 2 N–H and O–H groups in total. The van der Waals surface area contributed by atoms with E-state index in [1.165, 1.54) is 37.1 Å². The molecule has 0 unspecified atom stereocenters. The number of nitro benzene ring substituents is 1. The van der Waals surface area contributed by atoms with Crippen molar-refractivity contribution >= 4 is 17.6 Å². The summed E-state index contributed by atoms with van der Waals surface area (Å²) >= 11 is 0. The normalized spacial score (nSPS) is 14.8. The molecule has 1 atom stereocenters. The van der Waals surface area contributed by atoms with Crippen LogP contribution in [-0.2, 0) is 16.0 Å². The summed E-state index contributed by atoms with van der Waals surface area (Å²) < 4.78 is 5.93. The zero-order chi connectivity index (χ0) is 21.5. The molecule has 2 aromatic rings. The summed E-state index contributed by atoms with van der Waals surface area (Å²) in [7, 11) is 0. The first kappa shape index (κ1) is 21.3. The SMILES string of the molecule is O=C(O)C[C@H](NC(=O)Cc1ccc([N+](=O)[O-])cc1)c1ccc(OC2CCCC2)cc1. The van der Waals surface area contributed by atoms with Gasteiger partial charge in [0.05, 0.1) is 29.9 Å². The summed E-state index contributed by atoms with van der Waals surface area (Å²) in [6.45, 7) is 0. The van der Waals surface area contributed by atoms with Crippen LogP contribution in [-0.4, -0.2) is 28.0 Å². The van der Waals surface area contributed by atoms with Gasteiger partial charge in [0.15, 0.2) is 0 Å². The van der Waals surface area contributed by atoms with Crippen LogP contribution < -0.4 is 10.1 Å². The molecular formula is C22H24N2O6. The van der Waals surface area contributed by atoms with Gasteiger partial charge in [-0.15, -0.1) is 0 Å². The van der Waals surface area contributed by atoms with E-state index in [-0.39, 0.29) is 30.5 Å². The number of nitro groups is 1. The van der Waals surface area contributed by atoms with Crippen molar-refractivity contribution in [1.29, 1.82) is 0 Å². The van der Waals surface area contributed by atoms with Crippen molar-refractivity contribution in [2.45, 2.75) is 50.7 Å². The Morgan fingerprint density at radius 1 is 1.10 bits per heavy atom. The minimum absolute atomic E-state index is 0.00299. The second kappa shape index (κ2) is 9.87. The lowest BCUT2D eigenvalue weighted by molar-refractivity contribution is -0.384. The van der Waals surface area contributed by atoms with Gasteiger partial charge in [-0.3, -0.25) is 19.7 Å². The minimum Gasteiger partial charge on any atom is -0.490 e. The van der Waals surface area contributed by atoms with E-state index < -0.39 is 16.9 Å². The predicted molar refractivity (Wildman–Crippen MR) is 109 cm³/mol. The van der Waals surface area contributed by atoms with Crippen LogP contribution >= 0.6 is 0 Å². The maximum Gasteiger partial charge on any atom is 0.305 e. The number of rotatable bonds is 9. The first-order chi connectivity index (χ1) is 14.4. The molecule has 1 saturated carbocycles. The third-order valence-corrected chi connectivity index (χ3v) is 5.11. The average Bonchev–Trinajstić information content (AvgIpc) is 3.21. The molecule has 8 nitrogen and oxygen atoms in total. The summed E-state index contributed by atoms with van der Waals surface area (Å²) in [6.07, 6.45) is 4.40. The summed E-state index contributed by atoms with van der Waals surface area (Å²) in [5.41, 5.74) is 1.23. The van der Waals surface area contributed by atoms with Crippen molar-refractivity contribution in [3.63, 3.8) is 0 Å². The lowest BCUT2D eigenvalue weighted by Crippen LogP contribution is -2.31. The molecule has 1 amide bonds. The molecule has 30 heavy (non-hydrogen) atoms. The first-order valence-corrected chi connectivity index (χ1v) is 9.92. The van der Waals surface area contributed by atoms with Crippen LogP contribution in [0.2, 0.25) is 0 Å². The van der Waals surface area contributed by atoms with E-state index in [4.69, 9.17) is 4.74 Å². The third-order valence-electron chi connectivity index (χ3n) is 5.11. The maximum atomic E-state index is 12.4. The Morgan fingerprint density at radius 3 is 2.30 bits per heavy atom. The molecule has 0 saturated heterocycles. The Balaban J connectivity index is 1.63. The fraction of sp³-hybridized carbons (Fsp3) is 0.364. The Hall–Kier alpha value is -3.42. The summed E-state index contributed by atoms with van der Waals surface area (Å²) in [6, 6.07) is 12.1. The van der Waals surface area contributed by atoms with Gasteiger partial charge in [-0.1, -0.05) is 24.3 Å². The fourth-order valence-corrected chi connectivity index (χ4v) is 3.57. The molecule has 3 rings (SSSR count). The molecule has 1 aliphatic carbocycles. The molecular weight excluding hydrogens is 388 g/mol. The highest BCUT2D eigenvalue weighted by molar-refractivity contribution is 5.80. The third kappa shape index (κ3) is 6.04. The second-order valence-corrected chi connectivity index (χ2v) is 7.41. The average molecular weight is 412 g/mol. The Labute approximate surface area is 174 Å². The number of nitrogens with zero attached hydrogens (tertiary/aromatic N) is 1. The topological polar surface area (TPSA) is 119 Å². The number of carbonyl (C=O) groups excluding carboxylic acids is 1. The van der Waals surface area contributed by atoms with Gasteiger partial charge in [-0.2, -0.15) is 0 Å². The number of amides is 1. The van der Waals surface area contributed by atoms with Gasteiger partial charge < -0.3 is 15.2 Å². The van der Waals surface area contributed by atoms with E-state index in [9.17, 15) is 24.8 Å². The zero-order valence-corrected chi connectivity index (χ0v) is 16.5. The summed E-state index contributed by atoms with van der Waals surface area (Å²) in [5.74, 6) is -0.653. The standard InChI is InChI=1S/C22H24N2O6/c25-21(13-15-5-9-17(10-6-15)24(28)29)23-20(14-22(26)27)16-7-11-19(12-8-16)30-18-3-1-2-4-18/h5-12,18,20H,1-4,13-14H2,(H,23,25)(H,26,27)/t20-/m0/s1. The molecule has 158 valence electrons. The number of carboxylic acids is 1. The van der Waals surface area contributed by atoms with Crippen molar-refractivity contribution in [2.75, 3.05) is 0 Å². The molecule has 8 heteroatoms. The minimum atomic E-state index is -1.03. The van der Waals surface area contributed by atoms with E-state index in [0.717, 1.165) is 18.6 Å². The van der Waals surface area contributed by atoms with Gasteiger partial charge in [-0.25, -0.2) is 0 Å². The van der Waals surface area contributed by atoms with Crippen molar-refractivity contribution < 1.29 is 24.4 Å². The van der Waals surface area contributed by atoms with Crippen LogP contribution in [0.3, 0.4) is 0 Å². The highest BCUT2D eigenvalue weighted by Gasteiger charge is 2.20. The zero-order valence-electron chi connectivity index (χ0n) is 16.5. The summed E-state index contributed by atoms with van der Waals surface area (Å²) in [4.78, 5) is 33.9. The molecule has 1 aliphatic rings.